The Hall–Kier alpha value is -3.45. The molecule has 1 unspecified atom stereocenters. The predicted molar refractivity (Wildman–Crippen MR) is 102 cm³/mol. The average Bonchev–Trinajstić information content (AvgIpc) is 2.66. The van der Waals surface area contributed by atoms with E-state index in [2.05, 4.69) is 11.1 Å². The molecule has 2 rings (SSSR count). The molecule has 0 aliphatic carbocycles. The minimum atomic E-state index is -1.56. The zero-order valence-electron chi connectivity index (χ0n) is 16.4. The van der Waals surface area contributed by atoms with Gasteiger partial charge in [-0.3, -0.25) is 35.2 Å². The minimum absolute atomic E-state index is 0.0469. The van der Waals surface area contributed by atoms with Gasteiger partial charge in [0.25, 0.3) is 5.56 Å². The normalized spacial score (nSPS) is 21.6. The maximum Gasteiger partial charge on any atom is 0.340 e. The van der Waals surface area contributed by atoms with Crippen molar-refractivity contribution in [3.63, 3.8) is 0 Å². The lowest BCUT2D eigenvalue weighted by Gasteiger charge is -2.33. The van der Waals surface area contributed by atoms with Crippen LogP contribution in [-0.2, 0) is 14.3 Å². The Morgan fingerprint density at radius 3 is 2.70 bits per heavy atom. The van der Waals surface area contributed by atoms with Crippen LogP contribution in [0.3, 0.4) is 0 Å². The van der Waals surface area contributed by atoms with Gasteiger partial charge < -0.3 is 25.7 Å². The zero-order valence-corrected chi connectivity index (χ0v) is 16.4. The second kappa shape index (κ2) is 9.84. The number of guanidine groups is 1. The van der Waals surface area contributed by atoms with Crippen LogP contribution in [0.4, 0.5) is 0 Å². The minimum Gasteiger partial charge on any atom is -0.547 e. The number of carbonyl (C=O) groups excluding carboxylic acids is 2. The summed E-state index contributed by atoms with van der Waals surface area (Å²) in [4.78, 5) is 48.9. The van der Waals surface area contributed by atoms with Crippen LogP contribution in [0.15, 0.2) is 34.0 Å². The molecule has 9 N–H and O–H groups in total. The van der Waals surface area contributed by atoms with Gasteiger partial charge in [-0.05, 0) is 6.08 Å². The number of hydrogen-bond acceptors (Lipinski definition) is 6. The molecule has 1 aromatic heterocycles. The molecule has 0 bridgehead atoms. The lowest BCUT2D eigenvalue weighted by molar-refractivity contribution is -0.512. The quantitative estimate of drug-likeness (QED) is 0.117. The first-order chi connectivity index (χ1) is 14.1. The number of hydrogen-bond donors (Lipinski definition) is 5. The first kappa shape index (κ1) is 22.8. The van der Waals surface area contributed by atoms with E-state index in [1.165, 1.54) is 18.3 Å². The van der Waals surface area contributed by atoms with E-state index in [0.717, 1.165) is 10.6 Å². The zero-order chi connectivity index (χ0) is 22.4. The van der Waals surface area contributed by atoms with Gasteiger partial charge >= 0.3 is 11.6 Å². The fourth-order valence-corrected chi connectivity index (χ4v) is 2.82. The molecule has 1 aliphatic heterocycles. The number of carbonyl (C=O) groups is 2. The van der Waals surface area contributed by atoms with Crippen LogP contribution in [0, 0.1) is 0 Å². The van der Waals surface area contributed by atoms with E-state index in [4.69, 9.17) is 16.2 Å². The predicted octanol–water partition coefficient (Wildman–Crippen LogP) is -5.47. The lowest BCUT2D eigenvalue weighted by atomic mass is 10.1. The van der Waals surface area contributed by atoms with Gasteiger partial charge in [0.2, 0.25) is 5.91 Å². The molecule has 164 valence electrons. The summed E-state index contributed by atoms with van der Waals surface area (Å²) in [5, 5.41) is 14.1. The van der Waals surface area contributed by atoms with E-state index in [1.54, 1.807) is 11.6 Å². The monoisotopic (exact) mass is 424 g/mol. The van der Waals surface area contributed by atoms with E-state index >= 15 is 0 Å². The number of nitrogens with two attached hydrogens (primary N) is 2. The largest absolute Gasteiger partial charge is 0.547 e. The maximum absolute atomic E-state index is 12.3. The van der Waals surface area contributed by atoms with Crippen LogP contribution in [0.5, 0.6) is 0 Å². The molecule has 30 heavy (non-hydrogen) atoms. The summed E-state index contributed by atoms with van der Waals surface area (Å²) in [6.07, 6.45) is 1.95. The van der Waals surface area contributed by atoms with Crippen molar-refractivity contribution in [3.8, 4) is 0 Å². The van der Waals surface area contributed by atoms with E-state index < -0.39 is 41.5 Å². The smallest absolute Gasteiger partial charge is 0.340 e. The van der Waals surface area contributed by atoms with Crippen LogP contribution < -0.4 is 38.9 Å². The van der Waals surface area contributed by atoms with Crippen molar-refractivity contribution in [2.75, 3.05) is 13.6 Å². The van der Waals surface area contributed by atoms with Gasteiger partial charge in [-0.25, -0.2) is 4.79 Å². The van der Waals surface area contributed by atoms with Crippen LogP contribution in [-0.4, -0.2) is 63.7 Å². The van der Waals surface area contributed by atoms with Crippen molar-refractivity contribution in [1.29, 1.82) is 0 Å². The average molecular weight is 424 g/mol. The molecule has 0 aromatic carbocycles. The summed E-state index contributed by atoms with van der Waals surface area (Å²) >= 11 is 0. The number of carboxylic acid groups (broad SMARTS) is 1. The first-order valence-electron chi connectivity index (χ1n) is 9.16. The third kappa shape index (κ3) is 6.02. The van der Waals surface area contributed by atoms with Gasteiger partial charge in [0.15, 0.2) is 6.23 Å². The molecule has 1 amide bonds. The number of aromatic amines is 1. The van der Waals surface area contributed by atoms with Crippen molar-refractivity contribution >= 4 is 17.8 Å². The Morgan fingerprint density at radius 1 is 1.40 bits per heavy atom. The molecule has 0 saturated heterocycles. The molecule has 1 aromatic rings. The fraction of sp³-hybridized carbons (Fsp3) is 0.471. The van der Waals surface area contributed by atoms with E-state index in [1.807, 2.05) is 4.98 Å². The van der Waals surface area contributed by atoms with Gasteiger partial charge in [-0.15, -0.1) is 0 Å². The summed E-state index contributed by atoms with van der Waals surface area (Å²) in [7, 11) is 1.71. The number of quaternary nitrogens is 1. The molecule has 0 spiro atoms. The number of aliphatic carboxylic acids is 1. The Kier molecular flexibility index (Phi) is 7.49. The Labute approximate surface area is 170 Å². The fourth-order valence-electron chi connectivity index (χ4n) is 2.82. The molecule has 2 heterocycles. The third-order valence-corrected chi connectivity index (χ3v) is 4.57. The second-order valence-electron chi connectivity index (χ2n) is 6.97. The molecule has 13 heteroatoms. The Balaban J connectivity index is 2.03. The number of nitrogens with one attached hydrogen (secondary N) is 2. The van der Waals surface area contributed by atoms with Gasteiger partial charge in [0.1, 0.15) is 6.10 Å². The summed E-state index contributed by atoms with van der Waals surface area (Å²) in [6, 6.07) is -0.156. The van der Waals surface area contributed by atoms with Gasteiger partial charge in [0, 0.05) is 18.7 Å². The number of rotatable bonds is 8. The SMILES string of the molecule is C[N+](CCC([NH3+])CC(=O)N[C@H]1C=C[C@H](n2ccc(=O)[nH]c2=O)O[C@@H]1C(=O)[O-])=C(N)N. The molecule has 4 atom stereocenters. The summed E-state index contributed by atoms with van der Waals surface area (Å²) in [5.41, 5.74) is 13.5. The van der Waals surface area contributed by atoms with Crippen molar-refractivity contribution in [2.45, 2.75) is 37.3 Å². The number of H-pyrrole nitrogens is 1. The molecule has 0 radical (unpaired) electrons. The van der Waals surface area contributed by atoms with Gasteiger partial charge in [0.05, 0.1) is 38.1 Å². The highest BCUT2D eigenvalue weighted by molar-refractivity contribution is 5.79. The van der Waals surface area contributed by atoms with E-state index in [-0.39, 0.29) is 18.4 Å². The van der Waals surface area contributed by atoms with E-state index in [0.29, 0.717) is 13.0 Å². The number of nitrogens with zero attached hydrogens (tertiary/aromatic N) is 2. The van der Waals surface area contributed by atoms with Crippen molar-refractivity contribution in [3.05, 3.63) is 45.3 Å². The van der Waals surface area contributed by atoms with Gasteiger partial charge in [-0.1, -0.05) is 6.08 Å². The summed E-state index contributed by atoms with van der Waals surface area (Å²) < 4.78 is 8.04. The second-order valence-corrected chi connectivity index (χ2v) is 6.97. The summed E-state index contributed by atoms with van der Waals surface area (Å²) in [5.74, 6) is -1.83. The van der Waals surface area contributed by atoms with Crippen LogP contribution in [0.1, 0.15) is 19.1 Å². The number of amides is 1. The molecule has 1 aliphatic rings. The standard InChI is InChI=1S/C17H25N7O6/c1-23(16(19)20)6-4-9(18)8-12(26)21-10-2-3-13(30-14(10)15(27)28)24-7-5-11(25)22-17(24)29/h2-3,5,7,9-10,13-14H,4,6,8,18H2,1H3,(H6,19,20,21,22,25,26,27,28,29)/p+1/t9?,10-,13+,14-/m0/s1. The van der Waals surface area contributed by atoms with Gasteiger partial charge in [-0.2, -0.15) is 0 Å². The molecular formula is C17H26N7O6+. The van der Waals surface area contributed by atoms with Crippen LogP contribution in [0.2, 0.25) is 0 Å². The molecule has 13 nitrogen and oxygen atoms in total. The Bertz CT molecular complexity index is 962. The molecule has 0 fully saturated rings. The summed E-state index contributed by atoms with van der Waals surface area (Å²) in [6.45, 7) is 0.507. The van der Waals surface area contributed by atoms with Crippen LogP contribution in [0.25, 0.3) is 0 Å². The Morgan fingerprint density at radius 2 is 2.10 bits per heavy atom. The maximum atomic E-state index is 12.3. The highest BCUT2D eigenvalue weighted by atomic mass is 16.5. The third-order valence-electron chi connectivity index (χ3n) is 4.57. The van der Waals surface area contributed by atoms with Crippen molar-refractivity contribution in [2.24, 2.45) is 11.5 Å². The lowest BCUT2D eigenvalue weighted by Crippen LogP contribution is -2.63. The number of carboxylic acids is 1. The highest BCUT2D eigenvalue weighted by Crippen LogP contribution is 2.19. The van der Waals surface area contributed by atoms with E-state index in [9.17, 15) is 24.3 Å². The first-order valence-corrected chi connectivity index (χ1v) is 9.16. The number of aromatic nitrogens is 2. The van der Waals surface area contributed by atoms with Crippen molar-refractivity contribution in [1.82, 2.24) is 14.9 Å². The van der Waals surface area contributed by atoms with Crippen LogP contribution >= 0.6 is 0 Å². The molecule has 0 saturated carbocycles. The number of ether oxygens (including phenoxy) is 1. The van der Waals surface area contributed by atoms with Crippen molar-refractivity contribution < 1.29 is 29.7 Å². The molecular weight excluding hydrogens is 398 g/mol. The topological polar surface area (TPSA) is 216 Å². The highest BCUT2D eigenvalue weighted by Gasteiger charge is 2.31.